The van der Waals surface area contributed by atoms with Gasteiger partial charge in [0.2, 0.25) is 0 Å². The molecule has 98 valence electrons. The van der Waals surface area contributed by atoms with E-state index in [9.17, 15) is 9.59 Å². The molecule has 4 nitrogen and oxygen atoms in total. The molecule has 19 heavy (non-hydrogen) atoms. The van der Waals surface area contributed by atoms with Gasteiger partial charge in [0.25, 0.3) is 5.79 Å². The average Bonchev–Trinajstić information content (AvgIpc) is 2.33. The van der Waals surface area contributed by atoms with Gasteiger partial charge in [-0.15, -0.1) is 6.42 Å². The summed E-state index contributed by atoms with van der Waals surface area (Å²) in [6.45, 7) is 3.04. The van der Waals surface area contributed by atoms with Gasteiger partial charge in [-0.3, -0.25) is 9.59 Å². The van der Waals surface area contributed by atoms with Crippen LogP contribution >= 0.6 is 0 Å². The molecular weight excluding hydrogens is 244 g/mol. The van der Waals surface area contributed by atoms with Gasteiger partial charge < -0.3 is 9.47 Å². The summed E-state index contributed by atoms with van der Waals surface area (Å²) in [5.74, 6) is -0.779. The monoisotopic (exact) mass is 258 g/mol. The largest absolute Gasteiger partial charge is 0.422 e. The number of terminal acetylenes is 1. The summed E-state index contributed by atoms with van der Waals surface area (Å²) < 4.78 is 10.1. The van der Waals surface area contributed by atoms with Crippen molar-refractivity contribution >= 4 is 11.9 Å². The predicted molar refractivity (Wildman–Crippen MR) is 67.8 cm³/mol. The SMILES string of the molecule is C#Cc1ccccc1CC1C(=O)OC(C)(C)OC1=O. The van der Waals surface area contributed by atoms with Crippen LogP contribution in [0.1, 0.15) is 25.0 Å². The lowest BCUT2D eigenvalue weighted by Crippen LogP contribution is -2.47. The van der Waals surface area contributed by atoms with E-state index in [0.717, 1.165) is 5.56 Å². The number of benzene rings is 1. The average molecular weight is 258 g/mol. The van der Waals surface area contributed by atoms with E-state index in [1.165, 1.54) is 13.8 Å². The molecule has 1 aromatic carbocycles. The molecule has 1 aliphatic rings. The number of carbonyl (C=O) groups is 2. The van der Waals surface area contributed by atoms with Crippen LogP contribution < -0.4 is 0 Å². The van der Waals surface area contributed by atoms with E-state index in [4.69, 9.17) is 15.9 Å². The Balaban J connectivity index is 2.22. The standard InChI is InChI=1S/C15H14O4/c1-4-10-7-5-6-8-11(10)9-12-13(16)18-15(2,3)19-14(12)17/h1,5-8,12H,9H2,2-3H3. The highest BCUT2D eigenvalue weighted by molar-refractivity contribution is 5.97. The van der Waals surface area contributed by atoms with Crippen molar-refractivity contribution in [1.82, 2.24) is 0 Å². The summed E-state index contributed by atoms with van der Waals surface area (Å²) in [5.41, 5.74) is 1.41. The van der Waals surface area contributed by atoms with Gasteiger partial charge in [0.05, 0.1) is 0 Å². The Morgan fingerprint density at radius 3 is 2.37 bits per heavy atom. The summed E-state index contributed by atoms with van der Waals surface area (Å²) in [4.78, 5) is 23.7. The second kappa shape index (κ2) is 4.77. The van der Waals surface area contributed by atoms with Gasteiger partial charge in [-0.2, -0.15) is 0 Å². The zero-order chi connectivity index (χ0) is 14.0. The minimum Gasteiger partial charge on any atom is -0.422 e. The zero-order valence-electron chi connectivity index (χ0n) is 10.8. The molecule has 1 saturated heterocycles. The van der Waals surface area contributed by atoms with Crippen molar-refractivity contribution in [3.05, 3.63) is 35.4 Å². The van der Waals surface area contributed by atoms with Crippen molar-refractivity contribution in [2.75, 3.05) is 0 Å². The molecule has 0 amide bonds. The molecule has 0 unspecified atom stereocenters. The fourth-order valence-corrected chi connectivity index (χ4v) is 1.97. The summed E-state index contributed by atoms with van der Waals surface area (Å²) in [7, 11) is 0. The smallest absolute Gasteiger partial charge is 0.323 e. The molecule has 1 aromatic rings. The maximum absolute atomic E-state index is 11.8. The van der Waals surface area contributed by atoms with Crippen molar-refractivity contribution in [2.45, 2.75) is 26.1 Å². The highest BCUT2D eigenvalue weighted by atomic mass is 16.7. The third-order valence-corrected chi connectivity index (χ3v) is 2.86. The number of esters is 2. The van der Waals surface area contributed by atoms with Gasteiger partial charge in [0, 0.05) is 19.4 Å². The first-order chi connectivity index (χ1) is 8.93. The van der Waals surface area contributed by atoms with Crippen LogP contribution in [0.5, 0.6) is 0 Å². The lowest BCUT2D eigenvalue weighted by Gasteiger charge is -2.32. The molecule has 0 bridgehead atoms. The van der Waals surface area contributed by atoms with E-state index in [2.05, 4.69) is 5.92 Å². The maximum Gasteiger partial charge on any atom is 0.323 e. The Morgan fingerprint density at radius 1 is 1.21 bits per heavy atom. The Labute approximate surface area is 111 Å². The van der Waals surface area contributed by atoms with Crippen LogP contribution in [0.2, 0.25) is 0 Å². The first-order valence-electron chi connectivity index (χ1n) is 5.93. The summed E-state index contributed by atoms with van der Waals surface area (Å²) in [6.07, 6.45) is 5.57. The molecule has 0 radical (unpaired) electrons. The van der Waals surface area contributed by atoms with Crippen LogP contribution in [0.3, 0.4) is 0 Å². The van der Waals surface area contributed by atoms with Crippen LogP contribution in [0.4, 0.5) is 0 Å². The second-order valence-electron chi connectivity index (χ2n) is 4.80. The quantitative estimate of drug-likeness (QED) is 0.460. The Bertz CT molecular complexity index is 546. The Hall–Kier alpha value is -2.28. The van der Waals surface area contributed by atoms with Crippen molar-refractivity contribution in [2.24, 2.45) is 5.92 Å². The number of cyclic esters (lactones) is 2. The highest BCUT2D eigenvalue weighted by Gasteiger charge is 2.43. The Kier molecular flexibility index (Phi) is 3.30. The fourth-order valence-electron chi connectivity index (χ4n) is 1.97. The van der Waals surface area contributed by atoms with Gasteiger partial charge in [0.15, 0.2) is 5.92 Å². The molecular formula is C15H14O4. The fraction of sp³-hybridized carbons (Fsp3) is 0.333. The molecule has 0 spiro atoms. The molecule has 2 rings (SSSR count). The Morgan fingerprint density at radius 2 is 1.79 bits per heavy atom. The summed E-state index contributed by atoms with van der Waals surface area (Å²) in [6, 6.07) is 7.16. The molecule has 0 N–H and O–H groups in total. The molecule has 1 heterocycles. The van der Waals surface area contributed by atoms with Gasteiger partial charge in [-0.1, -0.05) is 24.1 Å². The number of rotatable bonds is 2. The molecule has 1 aliphatic heterocycles. The predicted octanol–water partition coefficient (Wildman–Crippen LogP) is 1.66. The van der Waals surface area contributed by atoms with Crippen LogP contribution in [-0.4, -0.2) is 17.7 Å². The number of hydrogen-bond acceptors (Lipinski definition) is 4. The second-order valence-corrected chi connectivity index (χ2v) is 4.80. The number of ether oxygens (including phenoxy) is 2. The van der Waals surface area contributed by atoms with Gasteiger partial charge in [-0.25, -0.2) is 0 Å². The molecule has 4 heteroatoms. The third kappa shape index (κ3) is 2.76. The van der Waals surface area contributed by atoms with Crippen LogP contribution in [0.25, 0.3) is 0 Å². The molecule has 0 saturated carbocycles. The van der Waals surface area contributed by atoms with Crippen molar-refractivity contribution in [3.63, 3.8) is 0 Å². The molecule has 0 aromatic heterocycles. The minimum atomic E-state index is -1.20. The first kappa shape index (κ1) is 13.2. The molecule has 0 aliphatic carbocycles. The van der Waals surface area contributed by atoms with E-state index in [1.807, 2.05) is 0 Å². The van der Waals surface area contributed by atoms with E-state index in [-0.39, 0.29) is 6.42 Å². The van der Waals surface area contributed by atoms with Crippen molar-refractivity contribution in [1.29, 1.82) is 0 Å². The first-order valence-corrected chi connectivity index (χ1v) is 5.93. The highest BCUT2D eigenvalue weighted by Crippen LogP contribution is 2.26. The minimum absolute atomic E-state index is 0.189. The van der Waals surface area contributed by atoms with Crippen molar-refractivity contribution < 1.29 is 19.1 Å². The van der Waals surface area contributed by atoms with E-state index >= 15 is 0 Å². The molecule has 1 fully saturated rings. The number of carbonyl (C=O) groups excluding carboxylic acids is 2. The normalized spacial score (nSPS) is 18.4. The van der Waals surface area contributed by atoms with Gasteiger partial charge in [0.1, 0.15) is 0 Å². The third-order valence-electron chi connectivity index (χ3n) is 2.86. The summed E-state index contributed by atoms with van der Waals surface area (Å²) >= 11 is 0. The zero-order valence-corrected chi connectivity index (χ0v) is 10.8. The number of hydrogen-bond donors (Lipinski definition) is 0. The van der Waals surface area contributed by atoms with Crippen molar-refractivity contribution in [3.8, 4) is 12.3 Å². The van der Waals surface area contributed by atoms with Gasteiger partial charge in [-0.05, 0) is 18.1 Å². The summed E-state index contributed by atoms with van der Waals surface area (Å²) in [5, 5.41) is 0. The maximum atomic E-state index is 11.8. The van der Waals surface area contributed by atoms with E-state index in [0.29, 0.717) is 5.56 Å². The molecule has 0 atom stereocenters. The topological polar surface area (TPSA) is 52.6 Å². The van der Waals surface area contributed by atoms with E-state index in [1.54, 1.807) is 24.3 Å². The van der Waals surface area contributed by atoms with Crippen LogP contribution in [0.15, 0.2) is 24.3 Å². The van der Waals surface area contributed by atoms with Gasteiger partial charge >= 0.3 is 11.9 Å². The van der Waals surface area contributed by atoms with Crippen LogP contribution in [0, 0.1) is 18.3 Å². The lowest BCUT2D eigenvalue weighted by molar-refractivity contribution is -0.239. The lowest BCUT2D eigenvalue weighted by atomic mass is 9.95. The van der Waals surface area contributed by atoms with E-state index < -0.39 is 23.6 Å². The van der Waals surface area contributed by atoms with Crippen LogP contribution in [-0.2, 0) is 25.5 Å².